The maximum atomic E-state index is 15.7. The number of carbonyl (C=O) groups is 2. The Balaban J connectivity index is 1.61. The highest BCUT2D eigenvalue weighted by atomic mass is 19.2. The number of carbonyl (C=O) groups excluding carboxylic acids is 2. The van der Waals surface area contributed by atoms with Gasteiger partial charge in [0.25, 0.3) is 0 Å². The van der Waals surface area contributed by atoms with Gasteiger partial charge in [0.2, 0.25) is 11.6 Å². The van der Waals surface area contributed by atoms with Crippen LogP contribution >= 0.6 is 0 Å². The van der Waals surface area contributed by atoms with Gasteiger partial charge in [0.15, 0.2) is 46.5 Å². The molecule has 1 fully saturated rings. The monoisotopic (exact) mass is 843 g/mol. The molecule has 310 valence electrons. The molecule has 0 amide bonds. The van der Waals surface area contributed by atoms with Gasteiger partial charge >= 0.3 is 11.9 Å². The van der Waals surface area contributed by atoms with Crippen molar-refractivity contribution in [2.75, 3.05) is 33.4 Å². The van der Waals surface area contributed by atoms with Crippen LogP contribution in [0.3, 0.4) is 0 Å². The molecule has 9 nitrogen and oxygen atoms in total. The number of fused-ring (bicyclic) bond motifs is 11. The van der Waals surface area contributed by atoms with Gasteiger partial charge in [-0.1, -0.05) is 0 Å². The molecule has 2 aromatic carbocycles. The summed E-state index contributed by atoms with van der Waals surface area (Å²) >= 11 is 0. The van der Waals surface area contributed by atoms with E-state index in [1.165, 1.54) is 38.1 Å². The summed E-state index contributed by atoms with van der Waals surface area (Å²) in [7, 11) is 1.61. The molecule has 0 saturated carbocycles. The molecule has 5 aromatic rings. The van der Waals surface area contributed by atoms with E-state index in [0.29, 0.717) is 0 Å². The number of H-pyrrole nitrogens is 2. The van der Waals surface area contributed by atoms with Gasteiger partial charge in [-0.25, -0.2) is 48.9 Å². The van der Waals surface area contributed by atoms with Crippen LogP contribution in [0.15, 0.2) is 36.4 Å². The van der Waals surface area contributed by atoms with Crippen LogP contribution in [0.25, 0.3) is 56.5 Å². The molecule has 0 aliphatic carbocycles. The zero-order chi connectivity index (χ0) is 43.2. The molecular formula is C41H27F10N5O4. The van der Waals surface area contributed by atoms with E-state index in [0.717, 1.165) is 24.3 Å². The number of benzene rings is 2. The Bertz CT molecular complexity index is 2670. The van der Waals surface area contributed by atoms with Crippen molar-refractivity contribution in [2.24, 2.45) is 0 Å². The largest absolute Gasteiger partial charge is 0.465 e. The molecule has 8 rings (SSSR count). The Kier molecular flexibility index (Phi) is 9.64. The lowest BCUT2D eigenvalue weighted by Gasteiger charge is -2.35. The Morgan fingerprint density at radius 1 is 0.567 bits per heavy atom. The summed E-state index contributed by atoms with van der Waals surface area (Å²) in [6, 6.07) is 7.55. The van der Waals surface area contributed by atoms with Crippen LogP contribution < -0.4 is 0 Å². The van der Waals surface area contributed by atoms with E-state index in [-0.39, 0.29) is 59.8 Å². The van der Waals surface area contributed by atoms with Gasteiger partial charge in [0.05, 0.1) is 47.1 Å². The van der Waals surface area contributed by atoms with Gasteiger partial charge < -0.3 is 24.3 Å². The van der Waals surface area contributed by atoms with Crippen molar-refractivity contribution < 1.29 is 63.0 Å². The van der Waals surface area contributed by atoms with E-state index in [2.05, 4.69) is 15.0 Å². The summed E-state index contributed by atoms with van der Waals surface area (Å²) in [5, 5.41) is 0. The number of nitrogens with zero attached hydrogens (tertiary/aromatic N) is 3. The normalized spacial score (nSPS) is 18.6. The maximum absolute atomic E-state index is 15.7. The quantitative estimate of drug-likeness (QED) is 0.0749. The molecule has 3 aliphatic heterocycles. The third-order valence-electron chi connectivity index (χ3n) is 10.7. The average Bonchev–Trinajstić information content (AvgIpc) is 4.06. The number of ether oxygens (including phenoxy) is 2. The molecule has 3 aromatic heterocycles. The number of hydrogen-bond donors (Lipinski definition) is 2. The van der Waals surface area contributed by atoms with Crippen molar-refractivity contribution in [1.29, 1.82) is 0 Å². The van der Waals surface area contributed by atoms with E-state index in [1.54, 1.807) is 11.9 Å². The van der Waals surface area contributed by atoms with E-state index >= 15 is 17.6 Å². The zero-order valence-corrected chi connectivity index (χ0v) is 31.2. The second-order valence-corrected chi connectivity index (χ2v) is 14.1. The van der Waals surface area contributed by atoms with Crippen LogP contribution in [0.4, 0.5) is 43.9 Å². The first kappa shape index (κ1) is 40.3. The fraction of sp³-hybridized carbons (Fsp3) is 0.220. The lowest BCUT2D eigenvalue weighted by Crippen LogP contribution is -2.56. The third kappa shape index (κ3) is 5.57. The Labute approximate surface area is 331 Å². The van der Waals surface area contributed by atoms with Gasteiger partial charge in [-0.2, -0.15) is 0 Å². The summed E-state index contributed by atoms with van der Waals surface area (Å²) in [6.45, 7) is 2.41. The Morgan fingerprint density at radius 2 is 0.917 bits per heavy atom. The number of rotatable bonds is 6. The summed E-state index contributed by atoms with van der Waals surface area (Å²) in [5.74, 6) is -25.3. The number of aromatic nitrogens is 4. The molecule has 8 bridgehead atoms. The number of hydrogen-bond acceptors (Lipinski definition) is 7. The van der Waals surface area contributed by atoms with E-state index < -0.39 is 115 Å². The molecule has 3 aliphatic rings. The summed E-state index contributed by atoms with van der Waals surface area (Å²) < 4.78 is 162. The van der Waals surface area contributed by atoms with Crippen LogP contribution in [-0.4, -0.2) is 70.1 Å². The number of halogens is 10. The molecule has 0 unspecified atom stereocenters. The zero-order valence-electron chi connectivity index (χ0n) is 31.2. The smallest absolute Gasteiger partial charge is 0.321 e. The van der Waals surface area contributed by atoms with Gasteiger partial charge in [-0.15, -0.1) is 0 Å². The second kappa shape index (κ2) is 14.4. The topological polar surface area (TPSA) is 113 Å². The van der Waals surface area contributed by atoms with Gasteiger partial charge in [0, 0.05) is 46.3 Å². The predicted molar refractivity (Wildman–Crippen MR) is 195 cm³/mol. The first-order chi connectivity index (χ1) is 28.5. The van der Waals surface area contributed by atoms with Crippen molar-refractivity contribution >= 4 is 46.2 Å². The number of likely N-dealkylation sites (N-methyl/N-ethyl adjacent to an activating group) is 1. The van der Waals surface area contributed by atoms with Crippen molar-refractivity contribution in [3.63, 3.8) is 0 Å². The second-order valence-electron chi connectivity index (χ2n) is 14.1. The Morgan fingerprint density at radius 3 is 1.27 bits per heavy atom. The lowest BCUT2D eigenvalue weighted by atomic mass is 9.63. The fourth-order valence-electron chi connectivity index (χ4n) is 8.23. The molecule has 2 N–H and O–H groups in total. The summed E-state index contributed by atoms with van der Waals surface area (Å²) in [4.78, 5) is 44.9. The number of nitrogens with one attached hydrogen (secondary N) is 2. The van der Waals surface area contributed by atoms with Crippen LogP contribution in [-0.2, 0) is 29.9 Å². The minimum absolute atomic E-state index is 0.0112. The minimum atomic E-state index is -2.48. The number of aromatic amines is 2. The third-order valence-corrected chi connectivity index (χ3v) is 10.7. The van der Waals surface area contributed by atoms with E-state index in [4.69, 9.17) is 14.5 Å². The highest BCUT2D eigenvalue weighted by Crippen LogP contribution is 2.54. The summed E-state index contributed by atoms with van der Waals surface area (Å²) in [6.07, 6.45) is 1.93. The maximum Gasteiger partial charge on any atom is 0.321 e. The molecule has 2 atom stereocenters. The standard InChI is InChI=1S/C41H27F10N5O4/c1-4-59-38(57)40-14-56(3)15-41(40,39(58)60-5-2)23-13-17-7-9-19(53-17)25(27-30(44)34(48)37(51)35(49)31(27)45)21-11-10-20(54-21)24(18-8-6-16(52-18)12-22(40)55-23)26-28(42)32(46)36(50)33(47)29(26)43/h6-13,52-53H,4-5,14-15H2,1-3H3/t40-,41+. The molecular weight excluding hydrogens is 816 g/mol. The SMILES string of the molecule is CCOC(=O)[C@]12CN(C)C[C@@]1(C(=O)OCC)c1cc3ccc([nH]3)c(-c3c(F)c(F)c(F)c(F)c3F)c3nc(c(-c4c(F)c(F)c(F)c(F)c4F)c4ccc(cc2n1)[nH]4)C=C3. The molecule has 0 spiro atoms. The molecule has 19 heteroatoms. The highest BCUT2D eigenvalue weighted by Gasteiger charge is 2.73. The lowest BCUT2D eigenvalue weighted by molar-refractivity contribution is -0.162. The molecule has 1 saturated heterocycles. The fourth-order valence-corrected chi connectivity index (χ4v) is 8.23. The molecule has 6 heterocycles. The van der Waals surface area contributed by atoms with Crippen LogP contribution in [0.5, 0.6) is 0 Å². The van der Waals surface area contributed by atoms with Gasteiger partial charge in [0.1, 0.15) is 10.8 Å². The minimum Gasteiger partial charge on any atom is -0.465 e. The first-order valence-corrected chi connectivity index (χ1v) is 18.0. The number of esters is 2. The molecule has 0 radical (unpaired) electrons. The van der Waals surface area contributed by atoms with E-state index in [9.17, 15) is 35.9 Å². The Hall–Kier alpha value is -6.50. The summed E-state index contributed by atoms with van der Waals surface area (Å²) in [5.41, 5.74) is -10.6. The van der Waals surface area contributed by atoms with Gasteiger partial charge in [-0.3, -0.25) is 14.6 Å². The molecule has 60 heavy (non-hydrogen) atoms. The van der Waals surface area contributed by atoms with Crippen LogP contribution in [0.2, 0.25) is 0 Å². The van der Waals surface area contributed by atoms with Crippen molar-refractivity contribution in [2.45, 2.75) is 24.7 Å². The van der Waals surface area contributed by atoms with Crippen molar-refractivity contribution in [1.82, 2.24) is 24.8 Å². The average molecular weight is 844 g/mol. The first-order valence-electron chi connectivity index (χ1n) is 18.0. The van der Waals surface area contributed by atoms with Crippen LogP contribution in [0, 0.1) is 58.2 Å². The van der Waals surface area contributed by atoms with Crippen molar-refractivity contribution in [3.8, 4) is 22.3 Å². The van der Waals surface area contributed by atoms with Crippen molar-refractivity contribution in [3.05, 3.63) is 117 Å². The number of likely N-dealkylation sites (tertiary alicyclic amines) is 1. The predicted octanol–water partition coefficient (Wildman–Crippen LogP) is 8.46. The highest BCUT2D eigenvalue weighted by molar-refractivity contribution is 6.00. The van der Waals surface area contributed by atoms with E-state index in [1.807, 2.05) is 0 Å². The van der Waals surface area contributed by atoms with Crippen LogP contribution in [0.1, 0.15) is 36.6 Å². The van der Waals surface area contributed by atoms with Gasteiger partial charge in [-0.05, 0) is 69.4 Å².